The summed E-state index contributed by atoms with van der Waals surface area (Å²) >= 11 is 0. The SMILES string of the molecule is Cc1ccc(NC(=O)CCCc2nc3ccccc3c(=O)[nH]2)c(O)c1. The quantitative estimate of drug-likeness (QED) is 0.624. The first-order valence-corrected chi connectivity index (χ1v) is 8.10. The first-order valence-electron chi connectivity index (χ1n) is 8.10. The summed E-state index contributed by atoms with van der Waals surface area (Å²) in [5, 5.41) is 13.0. The number of phenols is 1. The second-order valence-corrected chi connectivity index (χ2v) is 5.95. The van der Waals surface area contributed by atoms with Gasteiger partial charge >= 0.3 is 0 Å². The molecule has 3 N–H and O–H groups in total. The zero-order chi connectivity index (χ0) is 17.8. The number of amides is 1. The Labute approximate surface area is 144 Å². The molecule has 1 amide bonds. The Morgan fingerprint density at radius 1 is 1.24 bits per heavy atom. The van der Waals surface area contributed by atoms with Gasteiger partial charge in [-0.1, -0.05) is 18.2 Å². The zero-order valence-electron chi connectivity index (χ0n) is 13.9. The molecule has 0 atom stereocenters. The highest BCUT2D eigenvalue weighted by atomic mass is 16.3. The van der Waals surface area contributed by atoms with Gasteiger partial charge in [0.05, 0.1) is 16.6 Å². The van der Waals surface area contributed by atoms with E-state index in [0.717, 1.165) is 5.56 Å². The van der Waals surface area contributed by atoms with Crippen LogP contribution in [-0.2, 0) is 11.2 Å². The summed E-state index contributed by atoms with van der Waals surface area (Å²) in [6.45, 7) is 1.86. The number of aryl methyl sites for hydroxylation is 2. The van der Waals surface area contributed by atoms with Gasteiger partial charge in [0.25, 0.3) is 5.56 Å². The van der Waals surface area contributed by atoms with Crippen LogP contribution in [0.3, 0.4) is 0 Å². The number of carbonyl (C=O) groups excluding carboxylic acids is 1. The molecule has 0 saturated carbocycles. The van der Waals surface area contributed by atoms with Crippen LogP contribution >= 0.6 is 0 Å². The Balaban J connectivity index is 1.59. The predicted octanol–water partition coefficient (Wildman–Crippen LogP) is 2.90. The molecule has 25 heavy (non-hydrogen) atoms. The first-order chi connectivity index (χ1) is 12.0. The van der Waals surface area contributed by atoms with Crippen LogP contribution in [-0.4, -0.2) is 21.0 Å². The first kappa shape index (κ1) is 16.7. The third-order valence-electron chi connectivity index (χ3n) is 3.91. The van der Waals surface area contributed by atoms with E-state index in [1.165, 1.54) is 0 Å². The zero-order valence-corrected chi connectivity index (χ0v) is 13.9. The molecule has 0 spiro atoms. The van der Waals surface area contributed by atoms with Crippen LogP contribution in [0, 0.1) is 6.92 Å². The molecule has 6 heteroatoms. The number of nitrogens with zero attached hydrogens (tertiary/aromatic N) is 1. The molecule has 0 aliphatic rings. The number of hydrogen-bond acceptors (Lipinski definition) is 4. The van der Waals surface area contributed by atoms with Crippen molar-refractivity contribution in [2.45, 2.75) is 26.2 Å². The van der Waals surface area contributed by atoms with E-state index in [4.69, 9.17) is 0 Å². The van der Waals surface area contributed by atoms with Crippen molar-refractivity contribution in [3.05, 3.63) is 64.2 Å². The molecule has 3 rings (SSSR count). The number of hydrogen-bond donors (Lipinski definition) is 3. The summed E-state index contributed by atoms with van der Waals surface area (Å²) in [6.07, 6.45) is 1.30. The highest BCUT2D eigenvalue weighted by Crippen LogP contribution is 2.24. The summed E-state index contributed by atoms with van der Waals surface area (Å²) in [6, 6.07) is 12.2. The molecular formula is C19H19N3O3. The van der Waals surface area contributed by atoms with Crippen molar-refractivity contribution in [3.8, 4) is 5.75 Å². The molecule has 0 saturated heterocycles. The van der Waals surface area contributed by atoms with E-state index >= 15 is 0 Å². The fraction of sp³-hybridized carbons (Fsp3) is 0.211. The Hall–Kier alpha value is -3.15. The van der Waals surface area contributed by atoms with E-state index in [1.54, 1.807) is 30.3 Å². The highest BCUT2D eigenvalue weighted by Gasteiger charge is 2.08. The topological polar surface area (TPSA) is 95.1 Å². The minimum atomic E-state index is -0.192. The van der Waals surface area contributed by atoms with Gasteiger partial charge in [-0.15, -0.1) is 0 Å². The van der Waals surface area contributed by atoms with Gasteiger partial charge in [0.1, 0.15) is 11.6 Å². The number of benzene rings is 2. The number of aromatic hydroxyl groups is 1. The van der Waals surface area contributed by atoms with Gasteiger partial charge in [-0.2, -0.15) is 0 Å². The number of aromatic amines is 1. The molecule has 0 aliphatic carbocycles. The maximum absolute atomic E-state index is 12.0. The van der Waals surface area contributed by atoms with E-state index in [2.05, 4.69) is 15.3 Å². The van der Waals surface area contributed by atoms with Crippen LogP contribution in [0.5, 0.6) is 5.75 Å². The Morgan fingerprint density at radius 3 is 2.84 bits per heavy atom. The summed E-state index contributed by atoms with van der Waals surface area (Å²) in [5.41, 5.74) is 1.79. The van der Waals surface area contributed by atoms with Gasteiger partial charge in [-0.25, -0.2) is 4.98 Å². The van der Waals surface area contributed by atoms with Crippen LogP contribution in [0.15, 0.2) is 47.3 Å². The van der Waals surface area contributed by atoms with Crippen molar-refractivity contribution in [2.24, 2.45) is 0 Å². The highest BCUT2D eigenvalue weighted by molar-refractivity contribution is 5.92. The molecule has 0 aliphatic heterocycles. The number of aromatic nitrogens is 2. The van der Waals surface area contributed by atoms with Crippen LogP contribution in [0.1, 0.15) is 24.2 Å². The maximum atomic E-state index is 12.0. The maximum Gasteiger partial charge on any atom is 0.258 e. The van der Waals surface area contributed by atoms with Crippen LogP contribution in [0.4, 0.5) is 5.69 Å². The lowest BCUT2D eigenvalue weighted by molar-refractivity contribution is -0.116. The third kappa shape index (κ3) is 4.03. The normalized spacial score (nSPS) is 10.8. The average molecular weight is 337 g/mol. The van der Waals surface area contributed by atoms with Gasteiger partial charge in [0.2, 0.25) is 5.91 Å². The lowest BCUT2D eigenvalue weighted by atomic mass is 10.2. The van der Waals surface area contributed by atoms with Crippen molar-refractivity contribution in [1.29, 1.82) is 0 Å². The summed E-state index contributed by atoms with van der Waals surface area (Å²) in [5.74, 6) is 0.422. The number of H-pyrrole nitrogens is 1. The molecular weight excluding hydrogens is 318 g/mol. The Morgan fingerprint density at radius 2 is 2.04 bits per heavy atom. The van der Waals surface area contributed by atoms with Gasteiger partial charge in [-0.3, -0.25) is 9.59 Å². The van der Waals surface area contributed by atoms with Crippen molar-refractivity contribution in [1.82, 2.24) is 9.97 Å². The van der Waals surface area contributed by atoms with Crippen molar-refractivity contribution < 1.29 is 9.90 Å². The molecule has 3 aromatic rings. The molecule has 2 aromatic carbocycles. The minimum absolute atomic E-state index is 0.0499. The molecule has 1 aromatic heterocycles. The Bertz CT molecular complexity index is 979. The molecule has 0 unspecified atom stereocenters. The third-order valence-corrected chi connectivity index (χ3v) is 3.91. The lowest BCUT2D eigenvalue weighted by Gasteiger charge is -2.08. The molecule has 0 fully saturated rings. The average Bonchev–Trinajstić information content (AvgIpc) is 2.57. The van der Waals surface area contributed by atoms with Crippen LogP contribution < -0.4 is 10.9 Å². The van der Waals surface area contributed by atoms with Crippen LogP contribution in [0.25, 0.3) is 10.9 Å². The Kier molecular flexibility index (Phi) is 4.79. The number of para-hydroxylation sites is 1. The van der Waals surface area contributed by atoms with Gasteiger partial charge in [0, 0.05) is 12.8 Å². The summed E-state index contributed by atoms with van der Waals surface area (Å²) < 4.78 is 0. The predicted molar refractivity (Wildman–Crippen MR) is 96.8 cm³/mol. The summed E-state index contributed by atoms with van der Waals surface area (Å²) in [7, 11) is 0. The van der Waals surface area contributed by atoms with Crippen molar-refractivity contribution >= 4 is 22.5 Å². The van der Waals surface area contributed by atoms with Crippen molar-refractivity contribution in [3.63, 3.8) is 0 Å². The number of rotatable bonds is 5. The number of carbonyl (C=O) groups is 1. The number of phenolic OH excluding ortho intramolecular Hbond substituents is 1. The molecule has 0 bridgehead atoms. The fourth-order valence-electron chi connectivity index (χ4n) is 2.63. The van der Waals surface area contributed by atoms with Gasteiger partial charge < -0.3 is 15.4 Å². The minimum Gasteiger partial charge on any atom is -0.506 e. The smallest absolute Gasteiger partial charge is 0.258 e. The molecule has 128 valence electrons. The number of nitrogens with one attached hydrogen (secondary N) is 2. The van der Waals surface area contributed by atoms with Gasteiger partial charge in [0.15, 0.2) is 0 Å². The standard InChI is InChI=1S/C19H19N3O3/c1-12-9-10-15(16(23)11-12)21-18(24)8-4-7-17-20-14-6-3-2-5-13(14)19(25)22-17/h2-3,5-6,9-11,23H,4,7-8H2,1H3,(H,21,24)(H,20,22,25). The van der Waals surface area contributed by atoms with Crippen LogP contribution in [0.2, 0.25) is 0 Å². The molecule has 0 radical (unpaired) electrons. The summed E-state index contributed by atoms with van der Waals surface area (Å²) in [4.78, 5) is 31.2. The van der Waals surface area contributed by atoms with Gasteiger partial charge in [-0.05, 0) is 43.2 Å². The number of anilines is 1. The van der Waals surface area contributed by atoms with E-state index in [0.29, 0.717) is 35.3 Å². The fourth-order valence-corrected chi connectivity index (χ4v) is 2.63. The molecule has 1 heterocycles. The van der Waals surface area contributed by atoms with E-state index < -0.39 is 0 Å². The lowest BCUT2D eigenvalue weighted by Crippen LogP contribution is -2.14. The largest absolute Gasteiger partial charge is 0.506 e. The monoisotopic (exact) mass is 337 g/mol. The van der Waals surface area contributed by atoms with E-state index in [-0.39, 0.29) is 23.6 Å². The van der Waals surface area contributed by atoms with E-state index in [9.17, 15) is 14.7 Å². The second-order valence-electron chi connectivity index (χ2n) is 5.95. The second kappa shape index (κ2) is 7.17. The molecule has 6 nitrogen and oxygen atoms in total. The number of fused-ring (bicyclic) bond motifs is 1. The van der Waals surface area contributed by atoms with E-state index in [1.807, 2.05) is 19.1 Å². The van der Waals surface area contributed by atoms with Crippen molar-refractivity contribution in [2.75, 3.05) is 5.32 Å².